The molecule has 2 heterocycles. The van der Waals surface area contributed by atoms with Crippen LogP contribution in [-0.2, 0) is 4.79 Å². The fourth-order valence-corrected chi connectivity index (χ4v) is 3.17. The number of hydrogen-bond acceptors (Lipinski definition) is 3. The zero-order valence-electron chi connectivity index (χ0n) is 13.5. The summed E-state index contributed by atoms with van der Waals surface area (Å²) in [4.78, 5) is 15.1. The van der Waals surface area contributed by atoms with Crippen molar-refractivity contribution in [3.8, 4) is 0 Å². The molecule has 0 aromatic carbocycles. The van der Waals surface area contributed by atoms with Gasteiger partial charge in [-0.05, 0) is 57.7 Å². The summed E-state index contributed by atoms with van der Waals surface area (Å²) in [5, 5.41) is 6.64. The van der Waals surface area contributed by atoms with Gasteiger partial charge in [-0.1, -0.05) is 20.8 Å². The molecule has 2 atom stereocenters. The number of rotatable bonds is 3. The van der Waals surface area contributed by atoms with E-state index in [1.165, 1.54) is 12.8 Å². The molecule has 1 amide bonds. The molecule has 0 aromatic heterocycles. The van der Waals surface area contributed by atoms with E-state index in [2.05, 4.69) is 43.2 Å². The maximum Gasteiger partial charge on any atom is 0.237 e. The van der Waals surface area contributed by atoms with Gasteiger partial charge < -0.3 is 10.6 Å². The molecule has 4 nitrogen and oxygen atoms in total. The molecule has 0 saturated carbocycles. The first-order chi connectivity index (χ1) is 9.39. The molecular formula is C16H31N3O. The van der Waals surface area contributed by atoms with Crippen LogP contribution in [0, 0.1) is 5.41 Å². The van der Waals surface area contributed by atoms with Crippen LogP contribution in [0.15, 0.2) is 0 Å². The molecule has 0 aromatic rings. The largest absolute Gasteiger partial charge is 0.352 e. The van der Waals surface area contributed by atoms with Crippen LogP contribution >= 0.6 is 0 Å². The smallest absolute Gasteiger partial charge is 0.237 e. The molecule has 116 valence electrons. The Hall–Kier alpha value is -0.610. The van der Waals surface area contributed by atoms with E-state index in [-0.39, 0.29) is 23.4 Å². The minimum absolute atomic E-state index is 0.0999. The topological polar surface area (TPSA) is 44.4 Å². The Labute approximate surface area is 123 Å². The van der Waals surface area contributed by atoms with Crippen molar-refractivity contribution in [1.82, 2.24) is 15.5 Å². The molecule has 2 N–H and O–H groups in total. The quantitative estimate of drug-likeness (QED) is 0.828. The van der Waals surface area contributed by atoms with Gasteiger partial charge in [-0.25, -0.2) is 0 Å². The molecule has 0 bridgehead atoms. The third kappa shape index (κ3) is 3.73. The highest BCUT2D eigenvalue weighted by Gasteiger charge is 2.36. The SMILES string of the molecule is CC(NC(=O)C1CCCN1C1CCNCC1)C(C)(C)C. The van der Waals surface area contributed by atoms with Gasteiger partial charge in [0.2, 0.25) is 5.91 Å². The Bertz CT molecular complexity index is 331. The molecule has 0 aliphatic carbocycles. The molecule has 2 rings (SSSR count). The third-order valence-electron chi connectivity index (χ3n) is 5.03. The van der Waals surface area contributed by atoms with Gasteiger partial charge >= 0.3 is 0 Å². The van der Waals surface area contributed by atoms with Crippen LogP contribution in [0.4, 0.5) is 0 Å². The molecule has 2 aliphatic rings. The van der Waals surface area contributed by atoms with Gasteiger partial charge in [0.05, 0.1) is 6.04 Å². The van der Waals surface area contributed by atoms with Crippen molar-refractivity contribution in [3.63, 3.8) is 0 Å². The van der Waals surface area contributed by atoms with Crippen LogP contribution in [0.2, 0.25) is 0 Å². The van der Waals surface area contributed by atoms with Crippen molar-refractivity contribution in [3.05, 3.63) is 0 Å². The summed E-state index contributed by atoms with van der Waals surface area (Å²) in [6, 6.07) is 0.910. The lowest BCUT2D eigenvalue weighted by Gasteiger charge is -2.36. The van der Waals surface area contributed by atoms with Crippen molar-refractivity contribution in [2.45, 2.75) is 71.5 Å². The number of piperidine rings is 1. The summed E-state index contributed by atoms with van der Waals surface area (Å²) < 4.78 is 0. The van der Waals surface area contributed by atoms with Crippen LogP contribution < -0.4 is 10.6 Å². The Morgan fingerprint density at radius 3 is 2.50 bits per heavy atom. The molecule has 0 radical (unpaired) electrons. The van der Waals surface area contributed by atoms with Crippen LogP contribution in [0.1, 0.15) is 53.4 Å². The average Bonchev–Trinajstić information content (AvgIpc) is 2.87. The molecule has 4 heteroatoms. The van der Waals surface area contributed by atoms with E-state index in [0.29, 0.717) is 6.04 Å². The lowest BCUT2D eigenvalue weighted by molar-refractivity contribution is -0.127. The maximum absolute atomic E-state index is 12.6. The minimum atomic E-state index is 0.0999. The summed E-state index contributed by atoms with van der Waals surface area (Å²) in [7, 11) is 0. The van der Waals surface area contributed by atoms with Gasteiger partial charge in [-0.3, -0.25) is 9.69 Å². The molecule has 2 saturated heterocycles. The van der Waals surface area contributed by atoms with Crippen molar-refractivity contribution < 1.29 is 4.79 Å². The van der Waals surface area contributed by atoms with Gasteiger partial charge in [0.25, 0.3) is 0 Å². The second-order valence-corrected chi connectivity index (χ2v) is 7.47. The van der Waals surface area contributed by atoms with Gasteiger partial charge in [-0.2, -0.15) is 0 Å². The van der Waals surface area contributed by atoms with E-state index in [9.17, 15) is 4.79 Å². The van der Waals surface area contributed by atoms with E-state index in [1.54, 1.807) is 0 Å². The normalized spacial score (nSPS) is 27.5. The zero-order valence-corrected chi connectivity index (χ0v) is 13.5. The van der Waals surface area contributed by atoms with Gasteiger partial charge in [-0.15, -0.1) is 0 Å². The predicted octanol–water partition coefficient (Wildman–Crippen LogP) is 1.75. The van der Waals surface area contributed by atoms with Gasteiger partial charge in [0, 0.05) is 12.1 Å². The van der Waals surface area contributed by atoms with Crippen LogP contribution in [-0.4, -0.2) is 48.6 Å². The number of carbonyl (C=O) groups is 1. The van der Waals surface area contributed by atoms with E-state index in [4.69, 9.17) is 0 Å². The van der Waals surface area contributed by atoms with Crippen LogP contribution in [0.3, 0.4) is 0 Å². The summed E-state index contributed by atoms with van der Waals surface area (Å²) in [5.74, 6) is 0.239. The Morgan fingerprint density at radius 1 is 1.25 bits per heavy atom. The Kier molecular flexibility index (Phi) is 5.08. The first-order valence-corrected chi connectivity index (χ1v) is 8.16. The molecule has 20 heavy (non-hydrogen) atoms. The summed E-state index contributed by atoms with van der Waals surface area (Å²) >= 11 is 0. The second kappa shape index (κ2) is 6.44. The highest BCUT2D eigenvalue weighted by molar-refractivity contribution is 5.82. The van der Waals surface area contributed by atoms with Crippen molar-refractivity contribution in [1.29, 1.82) is 0 Å². The van der Waals surface area contributed by atoms with Crippen molar-refractivity contribution in [2.24, 2.45) is 5.41 Å². The summed E-state index contributed by atoms with van der Waals surface area (Å²) in [6.07, 6.45) is 4.54. The van der Waals surface area contributed by atoms with E-state index in [0.717, 1.165) is 32.5 Å². The molecule has 2 aliphatic heterocycles. The van der Waals surface area contributed by atoms with Crippen LogP contribution in [0.25, 0.3) is 0 Å². The number of amides is 1. The van der Waals surface area contributed by atoms with E-state index in [1.807, 2.05) is 0 Å². The fraction of sp³-hybridized carbons (Fsp3) is 0.938. The predicted molar refractivity (Wildman–Crippen MR) is 82.7 cm³/mol. The maximum atomic E-state index is 12.6. The standard InChI is InChI=1S/C16H31N3O/c1-12(16(2,3)4)18-15(20)14-6-5-11-19(14)13-7-9-17-10-8-13/h12-14,17H,5-11H2,1-4H3,(H,18,20). The Balaban J connectivity index is 1.94. The molecule has 0 spiro atoms. The van der Waals surface area contributed by atoms with Crippen LogP contribution in [0.5, 0.6) is 0 Å². The molecule has 2 fully saturated rings. The first kappa shape index (κ1) is 15.8. The van der Waals surface area contributed by atoms with E-state index < -0.39 is 0 Å². The fourth-order valence-electron chi connectivity index (χ4n) is 3.17. The first-order valence-electron chi connectivity index (χ1n) is 8.16. The molecule has 2 unspecified atom stereocenters. The lowest BCUT2D eigenvalue weighted by Crippen LogP contribution is -2.53. The number of hydrogen-bond donors (Lipinski definition) is 2. The van der Waals surface area contributed by atoms with E-state index >= 15 is 0 Å². The highest BCUT2D eigenvalue weighted by atomic mass is 16.2. The number of likely N-dealkylation sites (tertiary alicyclic amines) is 1. The second-order valence-electron chi connectivity index (χ2n) is 7.47. The lowest BCUT2D eigenvalue weighted by atomic mass is 9.88. The van der Waals surface area contributed by atoms with Crippen molar-refractivity contribution in [2.75, 3.05) is 19.6 Å². The number of nitrogens with one attached hydrogen (secondary N) is 2. The number of nitrogens with zero attached hydrogens (tertiary/aromatic N) is 1. The van der Waals surface area contributed by atoms with Gasteiger partial charge in [0.15, 0.2) is 0 Å². The molecular weight excluding hydrogens is 250 g/mol. The Morgan fingerprint density at radius 2 is 1.90 bits per heavy atom. The summed E-state index contributed by atoms with van der Waals surface area (Å²) in [5.41, 5.74) is 0.119. The monoisotopic (exact) mass is 281 g/mol. The number of carbonyl (C=O) groups excluding carboxylic acids is 1. The average molecular weight is 281 g/mol. The third-order valence-corrected chi connectivity index (χ3v) is 5.03. The van der Waals surface area contributed by atoms with Gasteiger partial charge in [0.1, 0.15) is 0 Å². The summed E-state index contributed by atoms with van der Waals surface area (Å²) in [6.45, 7) is 11.9. The van der Waals surface area contributed by atoms with Crippen molar-refractivity contribution >= 4 is 5.91 Å². The minimum Gasteiger partial charge on any atom is -0.352 e. The zero-order chi connectivity index (χ0) is 14.8. The highest BCUT2D eigenvalue weighted by Crippen LogP contribution is 2.25.